The molecule has 18 heavy (non-hydrogen) atoms. The van der Waals surface area contributed by atoms with E-state index in [2.05, 4.69) is 10.6 Å². The Bertz CT molecular complexity index is 422. The fourth-order valence-electron chi connectivity index (χ4n) is 1.37. The van der Waals surface area contributed by atoms with Crippen LogP contribution in [0.25, 0.3) is 0 Å². The van der Waals surface area contributed by atoms with Gasteiger partial charge in [-0.05, 0) is 19.2 Å². The highest BCUT2D eigenvalue weighted by atomic mass is 35.5. The average Bonchev–Trinajstić information content (AvgIpc) is 2.29. The number of para-hydroxylation sites is 1. The van der Waals surface area contributed by atoms with Gasteiger partial charge in [-0.2, -0.15) is 0 Å². The first-order chi connectivity index (χ1) is 8.06. The minimum atomic E-state index is -0.175. The topological polar surface area (TPSA) is 61.4 Å². The van der Waals surface area contributed by atoms with Crippen LogP contribution >= 0.6 is 12.4 Å². The highest BCUT2D eigenvalue weighted by Crippen LogP contribution is 2.16. The van der Waals surface area contributed by atoms with Crippen molar-refractivity contribution in [2.75, 3.05) is 33.0 Å². The Morgan fingerprint density at radius 3 is 2.39 bits per heavy atom. The molecular formula is C12H18ClN3O2. The Kier molecular flexibility index (Phi) is 7.00. The van der Waals surface area contributed by atoms with E-state index in [0.29, 0.717) is 11.3 Å². The molecule has 0 heterocycles. The second-order valence-corrected chi connectivity index (χ2v) is 3.82. The van der Waals surface area contributed by atoms with Crippen molar-refractivity contribution >= 4 is 29.9 Å². The van der Waals surface area contributed by atoms with Gasteiger partial charge in [0, 0.05) is 14.1 Å². The summed E-state index contributed by atoms with van der Waals surface area (Å²) in [5.74, 6) is -0.308. The highest BCUT2D eigenvalue weighted by Gasteiger charge is 2.13. The second kappa shape index (κ2) is 7.68. The predicted molar refractivity (Wildman–Crippen MR) is 74.3 cm³/mol. The number of likely N-dealkylation sites (N-methyl/N-ethyl adjacent to an activating group) is 1. The first-order valence-electron chi connectivity index (χ1n) is 5.31. The van der Waals surface area contributed by atoms with Gasteiger partial charge in [-0.25, -0.2) is 0 Å². The molecule has 0 unspecified atom stereocenters. The molecule has 5 nitrogen and oxygen atoms in total. The smallest absolute Gasteiger partial charge is 0.255 e. The van der Waals surface area contributed by atoms with Crippen LogP contribution in [-0.2, 0) is 4.79 Å². The molecule has 0 aliphatic carbocycles. The number of carbonyl (C=O) groups excluding carboxylic acids is 2. The average molecular weight is 272 g/mol. The molecule has 0 saturated heterocycles. The molecule has 0 fully saturated rings. The lowest BCUT2D eigenvalue weighted by molar-refractivity contribution is -0.115. The molecule has 1 rings (SSSR count). The van der Waals surface area contributed by atoms with Gasteiger partial charge in [0.2, 0.25) is 5.91 Å². The maximum absolute atomic E-state index is 11.9. The van der Waals surface area contributed by atoms with Crippen molar-refractivity contribution in [3.05, 3.63) is 29.8 Å². The molecule has 0 aromatic heterocycles. The summed E-state index contributed by atoms with van der Waals surface area (Å²) in [4.78, 5) is 24.8. The largest absolute Gasteiger partial charge is 0.345 e. The van der Waals surface area contributed by atoms with Crippen molar-refractivity contribution in [3.8, 4) is 0 Å². The summed E-state index contributed by atoms with van der Waals surface area (Å²) in [7, 11) is 5.04. The number of hydrogen-bond donors (Lipinski definition) is 2. The number of halogens is 1. The van der Waals surface area contributed by atoms with E-state index in [1.54, 1.807) is 45.4 Å². The summed E-state index contributed by atoms with van der Waals surface area (Å²) < 4.78 is 0. The van der Waals surface area contributed by atoms with Crippen LogP contribution in [-0.4, -0.2) is 44.4 Å². The predicted octanol–water partition coefficient (Wildman–Crippen LogP) is 0.968. The summed E-state index contributed by atoms with van der Waals surface area (Å²) in [5, 5.41) is 5.45. The van der Waals surface area contributed by atoms with E-state index in [4.69, 9.17) is 0 Å². The Hall–Kier alpha value is -1.59. The van der Waals surface area contributed by atoms with E-state index in [-0.39, 0.29) is 30.8 Å². The minimum Gasteiger partial charge on any atom is -0.345 e. The number of hydrogen-bond acceptors (Lipinski definition) is 3. The first kappa shape index (κ1) is 16.4. The molecule has 100 valence electrons. The number of nitrogens with one attached hydrogen (secondary N) is 2. The number of nitrogens with zero attached hydrogens (tertiary/aromatic N) is 1. The fraction of sp³-hybridized carbons (Fsp3) is 0.333. The third kappa shape index (κ3) is 4.35. The first-order valence-corrected chi connectivity index (χ1v) is 5.31. The van der Waals surface area contributed by atoms with Gasteiger partial charge in [0.15, 0.2) is 0 Å². The normalized spacial score (nSPS) is 9.28. The molecule has 0 radical (unpaired) electrons. The zero-order valence-corrected chi connectivity index (χ0v) is 11.5. The van der Waals surface area contributed by atoms with Crippen LogP contribution in [0.2, 0.25) is 0 Å². The monoisotopic (exact) mass is 271 g/mol. The Labute approximate surface area is 113 Å². The van der Waals surface area contributed by atoms with Crippen molar-refractivity contribution in [3.63, 3.8) is 0 Å². The summed E-state index contributed by atoms with van der Waals surface area (Å²) >= 11 is 0. The molecule has 1 aromatic carbocycles. The van der Waals surface area contributed by atoms with Crippen molar-refractivity contribution < 1.29 is 9.59 Å². The minimum absolute atomic E-state index is 0. The highest BCUT2D eigenvalue weighted by molar-refractivity contribution is 6.03. The Morgan fingerprint density at radius 2 is 1.83 bits per heavy atom. The van der Waals surface area contributed by atoms with Crippen LogP contribution < -0.4 is 10.6 Å². The van der Waals surface area contributed by atoms with Crippen LogP contribution in [0.1, 0.15) is 10.4 Å². The van der Waals surface area contributed by atoms with E-state index in [0.717, 1.165) is 0 Å². The molecule has 0 saturated carbocycles. The lowest BCUT2D eigenvalue weighted by Gasteiger charge is -2.14. The third-order valence-corrected chi connectivity index (χ3v) is 2.18. The van der Waals surface area contributed by atoms with E-state index < -0.39 is 0 Å². The van der Waals surface area contributed by atoms with Gasteiger partial charge in [-0.15, -0.1) is 12.4 Å². The van der Waals surface area contributed by atoms with Crippen LogP contribution in [0.15, 0.2) is 24.3 Å². The van der Waals surface area contributed by atoms with Crippen molar-refractivity contribution in [2.24, 2.45) is 0 Å². The fourth-order valence-corrected chi connectivity index (χ4v) is 1.37. The molecule has 1 aromatic rings. The van der Waals surface area contributed by atoms with Gasteiger partial charge in [0.25, 0.3) is 5.91 Å². The Balaban J connectivity index is 0.00000289. The molecule has 0 aliphatic rings. The van der Waals surface area contributed by atoms with Gasteiger partial charge >= 0.3 is 0 Å². The number of rotatable bonds is 4. The number of benzene rings is 1. The molecule has 2 amide bonds. The van der Waals surface area contributed by atoms with Crippen LogP contribution in [0, 0.1) is 0 Å². The van der Waals surface area contributed by atoms with E-state index in [1.165, 1.54) is 4.90 Å². The lowest BCUT2D eigenvalue weighted by atomic mass is 10.1. The Morgan fingerprint density at radius 1 is 1.22 bits per heavy atom. The molecule has 0 spiro atoms. The van der Waals surface area contributed by atoms with E-state index in [9.17, 15) is 9.59 Å². The van der Waals surface area contributed by atoms with Gasteiger partial charge in [-0.1, -0.05) is 12.1 Å². The van der Waals surface area contributed by atoms with E-state index >= 15 is 0 Å². The summed E-state index contributed by atoms with van der Waals surface area (Å²) in [5.41, 5.74) is 1.02. The molecular weight excluding hydrogens is 254 g/mol. The molecule has 0 atom stereocenters. The van der Waals surface area contributed by atoms with Gasteiger partial charge in [0.1, 0.15) is 0 Å². The summed E-state index contributed by atoms with van der Waals surface area (Å²) in [6, 6.07) is 6.95. The molecule has 0 aliphatic heterocycles. The third-order valence-electron chi connectivity index (χ3n) is 2.18. The number of anilines is 1. The van der Waals surface area contributed by atoms with Gasteiger partial charge in [-0.3, -0.25) is 9.59 Å². The quantitative estimate of drug-likeness (QED) is 0.858. The summed E-state index contributed by atoms with van der Waals surface area (Å²) in [6.07, 6.45) is 0. The maximum atomic E-state index is 11.9. The SMILES string of the molecule is CNCC(=O)Nc1ccccc1C(=O)N(C)C.Cl. The van der Waals surface area contributed by atoms with E-state index in [1.807, 2.05) is 0 Å². The van der Waals surface area contributed by atoms with Crippen molar-refractivity contribution in [2.45, 2.75) is 0 Å². The van der Waals surface area contributed by atoms with Gasteiger partial charge < -0.3 is 15.5 Å². The van der Waals surface area contributed by atoms with Crippen molar-refractivity contribution in [1.82, 2.24) is 10.2 Å². The second-order valence-electron chi connectivity index (χ2n) is 3.82. The van der Waals surface area contributed by atoms with Gasteiger partial charge in [0.05, 0.1) is 17.8 Å². The van der Waals surface area contributed by atoms with Crippen molar-refractivity contribution in [1.29, 1.82) is 0 Å². The summed E-state index contributed by atoms with van der Waals surface area (Å²) in [6.45, 7) is 0.213. The standard InChI is InChI=1S/C12H17N3O2.ClH/c1-13-8-11(16)14-10-7-5-4-6-9(10)12(17)15(2)3;/h4-7,13H,8H2,1-3H3,(H,14,16);1H. The van der Waals surface area contributed by atoms with Crippen LogP contribution in [0.3, 0.4) is 0 Å². The zero-order valence-electron chi connectivity index (χ0n) is 10.7. The van der Waals surface area contributed by atoms with Crippen LogP contribution in [0.4, 0.5) is 5.69 Å². The maximum Gasteiger partial charge on any atom is 0.255 e. The molecule has 2 N–H and O–H groups in total. The number of amides is 2. The lowest BCUT2D eigenvalue weighted by Crippen LogP contribution is -2.27. The zero-order chi connectivity index (χ0) is 12.8. The molecule has 6 heteroatoms. The van der Waals surface area contributed by atoms with Crippen LogP contribution in [0.5, 0.6) is 0 Å². The molecule has 0 bridgehead atoms. The number of carbonyl (C=O) groups is 2.